The van der Waals surface area contributed by atoms with Gasteiger partial charge in [-0.25, -0.2) is 0 Å². The Kier molecular flexibility index (Phi) is 3.57. The zero-order valence-corrected chi connectivity index (χ0v) is 7.54. The molecule has 0 fully saturated rings. The Morgan fingerprint density at radius 3 is 1.42 bits per heavy atom. The molecule has 0 atom stereocenters. The monoisotopic (exact) mass is 170 g/mol. The number of hydrogen-bond donors (Lipinski definition) is 0. The van der Waals surface area contributed by atoms with Crippen molar-refractivity contribution < 1.29 is 9.47 Å². The second kappa shape index (κ2) is 4.74. The quantitative estimate of drug-likeness (QED) is 0.541. The Morgan fingerprint density at radius 2 is 1.33 bits per heavy atom. The van der Waals surface area contributed by atoms with Gasteiger partial charge in [0.25, 0.3) is 0 Å². The highest BCUT2D eigenvalue weighted by atomic mass is 16.5. The Labute approximate surface area is 72.3 Å². The van der Waals surface area contributed by atoms with Gasteiger partial charge in [0.1, 0.15) is 13.2 Å². The summed E-state index contributed by atoms with van der Waals surface area (Å²) < 4.78 is 9.81. The molecule has 0 bridgehead atoms. The van der Waals surface area contributed by atoms with Crippen molar-refractivity contribution in [2.24, 2.45) is 9.98 Å². The van der Waals surface area contributed by atoms with Gasteiger partial charge in [0.15, 0.2) is 11.8 Å². The number of ether oxygens (including phenoxy) is 2. The van der Waals surface area contributed by atoms with Gasteiger partial charge in [0, 0.05) is 13.8 Å². The lowest BCUT2D eigenvalue weighted by Crippen LogP contribution is -1.89. The van der Waals surface area contributed by atoms with Crippen molar-refractivity contribution in [2.45, 2.75) is 13.8 Å². The molecule has 12 heavy (non-hydrogen) atoms. The number of nitrogens with zero attached hydrogens (tertiary/aromatic N) is 2. The maximum Gasteiger partial charge on any atom is 0.180 e. The smallest absolute Gasteiger partial charge is 0.180 e. The molecule has 0 N–H and O–H groups in total. The normalized spacial score (nSPS) is 19.8. The largest absolute Gasteiger partial charge is 0.479 e. The predicted octanol–water partition coefficient (Wildman–Crippen LogP) is 0.870. The molecule has 0 spiro atoms. The molecule has 4 nitrogen and oxygen atoms in total. The van der Waals surface area contributed by atoms with Gasteiger partial charge in [-0.3, -0.25) is 9.98 Å². The van der Waals surface area contributed by atoms with Gasteiger partial charge < -0.3 is 9.47 Å². The molecule has 2 aliphatic rings. The van der Waals surface area contributed by atoms with E-state index in [2.05, 4.69) is 9.98 Å². The highest BCUT2D eigenvalue weighted by Gasteiger charge is 1.96. The first-order valence-electron chi connectivity index (χ1n) is 4.07. The molecular formula is C8H14N2O2. The summed E-state index contributed by atoms with van der Waals surface area (Å²) in [6, 6.07) is 0. The van der Waals surface area contributed by atoms with E-state index in [1.54, 1.807) is 0 Å². The molecule has 0 saturated carbocycles. The molecule has 0 aromatic carbocycles. The van der Waals surface area contributed by atoms with E-state index in [1.165, 1.54) is 0 Å². The fraction of sp³-hybridized carbons (Fsp3) is 0.750. The van der Waals surface area contributed by atoms with Gasteiger partial charge >= 0.3 is 0 Å². The van der Waals surface area contributed by atoms with Crippen LogP contribution in [0.15, 0.2) is 9.98 Å². The molecular weight excluding hydrogens is 156 g/mol. The maximum absolute atomic E-state index is 4.90. The summed E-state index contributed by atoms with van der Waals surface area (Å²) >= 11 is 0. The topological polar surface area (TPSA) is 43.2 Å². The number of hydrogen-bond acceptors (Lipinski definition) is 4. The molecule has 0 unspecified atom stereocenters. The summed E-state index contributed by atoms with van der Waals surface area (Å²) in [5.74, 6) is 1.66. The van der Waals surface area contributed by atoms with Crippen LogP contribution in [0.4, 0.5) is 0 Å². The number of rotatable bonds is 0. The van der Waals surface area contributed by atoms with Crippen molar-refractivity contribution in [1.29, 1.82) is 0 Å². The van der Waals surface area contributed by atoms with Crippen LogP contribution in [-0.4, -0.2) is 38.1 Å². The molecule has 68 valence electrons. The molecule has 0 radical (unpaired) electrons. The summed E-state index contributed by atoms with van der Waals surface area (Å²) in [6.45, 7) is 7.01. The van der Waals surface area contributed by atoms with Crippen molar-refractivity contribution in [1.82, 2.24) is 0 Å². The van der Waals surface area contributed by atoms with Crippen LogP contribution in [0.25, 0.3) is 0 Å². The molecule has 0 aliphatic carbocycles. The maximum atomic E-state index is 4.90. The Hall–Kier alpha value is -1.06. The summed E-state index contributed by atoms with van der Waals surface area (Å²) in [6.07, 6.45) is 0. The van der Waals surface area contributed by atoms with Gasteiger partial charge in [-0.1, -0.05) is 0 Å². The standard InChI is InChI=1S/2C4H7NO/c2*1-4-5-2-3-6-4/h2*2-3H2,1H3. The third-order valence-corrected chi connectivity index (χ3v) is 1.47. The molecule has 2 aliphatic heterocycles. The van der Waals surface area contributed by atoms with E-state index in [0.717, 1.165) is 38.1 Å². The van der Waals surface area contributed by atoms with E-state index >= 15 is 0 Å². The SMILES string of the molecule is CC1=NCCO1.CC1=NCCO1. The van der Waals surface area contributed by atoms with Crippen LogP contribution in [0, 0.1) is 0 Å². The van der Waals surface area contributed by atoms with E-state index in [9.17, 15) is 0 Å². The van der Waals surface area contributed by atoms with E-state index in [-0.39, 0.29) is 0 Å². The lowest BCUT2D eigenvalue weighted by molar-refractivity contribution is 0.344. The van der Waals surface area contributed by atoms with Crippen LogP contribution >= 0.6 is 0 Å². The second-order valence-corrected chi connectivity index (χ2v) is 2.50. The summed E-state index contributed by atoms with van der Waals surface area (Å²) in [4.78, 5) is 7.86. The highest BCUT2D eigenvalue weighted by molar-refractivity contribution is 5.74. The van der Waals surface area contributed by atoms with Crippen molar-refractivity contribution in [3.05, 3.63) is 0 Å². The van der Waals surface area contributed by atoms with E-state index < -0.39 is 0 Å². The van der Waals surface area contributed by atoms with Gasteiger partial charge in [0.05, 0.1) is 13.1 Å². The molecule has 4 heteroatoms. The molecule has 2 rings (SSSR count). The van der Waals surface area contributed by atoms with Crippen molar-refractivity contribution in [3.63, 3.8) is 0 Å². The van der Waals surface area contributed by atoms with E-state index in [0.29, 0.717) is 0 Å². The van der Waals surface area contributed by atoms with Crippen molar-refractivity contribution in [3.8, 4) is 0 Å². The lowest BCUT2D eigenvalue weighted by Gasteiger charge is -1.86. The molecule has 2 heterocycles. The second-order valence-electron chi connectivity index (χ2n) is 2.50. The molecule has 0 aromatic rings. The fourth-order valence-corrected chi connectivity index (χ4v) is 0.884. The zero-order valence-electron chi connectivity index (χ0n) is 7.54. The minimum absolute atomic E-state index is 0.784. The van der Waals surface area contributed by atoms with Crippen LogP contribution in [0.5, 0.6) is 0 Å². The van der Waals surface area contributed by atoms with Crippen LogP contribution in [0.3, 0.4) is 0 Å². The van der Waals surface area contributed by atoms with E-state index in [4.69, 9.17) is 9.47 Å². The Balaban J connectivity index is 0.000000120. The van der Waals surface area contributed by atoms with Crippen LogP contribution < -0.4 is 0 Å². The van der Waals surface area contributed by atoms with Gasteiger partial charge in [-0.05, 0) is 0 Å². The first-order chi connectivity index (χ1) is 5.79. The molecule has 0 amide bonds. The number of aliphatic imine (C=N–C) groups is 2. The van der Waals surface area contributed by atoms with Gasteiger partial charge in [0.2, 0.25) is 0 Å². The van der Waals surface area contributed by atoms with Crippen LogP contribution in [0.2, 0.25) is 0 Å². The average Bonchev–Trinajstić information content (AvgIpc) is 2.63. The average molecular weight is 170 g/mol. The first kappa shape index (κ1) is 9.03. The van der Waals surface area contributed by atoms with Crippen LogP contribution in [0.1, 0.15) is 13.8 Å². The fourth-order valence-electron chi connectivity index (χ4n) is 0.884. The van der Waals surface area contributed by atoms with Gasteiger partial charge in [-0.2, -0.15) is 0 Å². The first-order valence-corrected chi connectivity index (χ1v) is 4.07. The predicted molar refractivity (Wildman–Crippen MR) is 47.9 cm³/mol. The van der Waals surface area contributed by atoms with Crippen molar-refractivity contribution in [2.75, 3.05) is 26.3 Å². The van der Waals surface area contributed by atoms with Gasteiger partial charge in [-0.15, -0.1) is 0 Å². The Bertz CT molecular complexity index is 177. The molecule has 0 aromatic heterocycles. The minimum Gasteiger partial charge on any atom is -0.479 e. The van der Waals surface area contributed by atoms with Crippen molar-refractivity contribution >= 4 is 11.8 Å². The van der Waals surface area contributed by atoms with E-state index in [1.807, 2.05) is 13.8 Å². The zero-order chi connectivity index (χ0) is 8.81. The van der Waals surface area contributed by atoms with Crippen LogP contribution in [-0.2, 0) is 9.47 Å². The third kappa shape index (κ3) is 3.37. The molecule has 0 saturated heterocycles. The summed E-state index contributed by atoms with van der Waals surface area (Å²) in [5.41, 5.74) is 0. The Morgan fingerprint density at radius 1 is 0.917 bits per heavy atom. The highest BCUT2D eigenvalue weighted by Crippen LogP contribution is 1.90. The lowest BCUT2D eigenvalue weighted by atomic mass is 10.8. The summed E-state index contributed by atoms with van der Waals surface area (Å²) in [5, 5.41) is 0. The third-order valence-electron chi connectivity index (χ3n) is 1.47. The minimum atomic E-state index is 0.784. The summed E-state index contributed by atoms with van der Waals surface area (Å²) in [7, 11) is 0.